The number of ether oxygens (including phenoxy) is 3. The summed E-state index contributed by atoms with van der Waals surface area (Å²) in [6.45, 7) is 2.77. The molecular weight excluding hydrogens is 660 g/mol. The van der Waals surface area contributed by atoms with Crippen LogP contribution < -0.4 is 14.2 Å². The van der Waals surface area contributed by atoms with E-state index < -0.39 is 6.67 Å². The number of benzene rings is 2. The van der Waals surface area contributed by atoms with E-state index in [1.807, 2.05) is 17.0 Å². The van der Waals surface area contributed by atoms with Gasteiger partial charge in [-0.15, -0.1) is 24.8 Å². The minimum atomic E-state index is -0.664. The van der Waals surface area contributed by atoms with Gasteiger partial charge in [-0.3, -0.25) is 19.6 Å². The molecule has 2 aliphatic rings. The van der Waals surface area contributed by atoms with Crippen LogP contribution in [0.2, 0.25) is 0 Å². The fourth-order valence-corrected chi connectivity index (χ4v) is 6.65. The molecule has 14 heteroatoms. The molecule has 0 aliphatic carbocycles. The number of halogens is 3. The second-order valence-corrected chi connectivity index (χ2v) is 11.3. The summed E-state index contributed by atoms with van der Waals surface area (Å²) in [5.41, 5.74) is 3.38. The number of amides is 1. The third-order valence-corrected chi connectivity index (χ3v) is 8.62. The number of piperazine rings is 2. The number of aromatic nitrogens is 4. The van der Waals surface area contributed by atoms with Crippen molar-refractivity contribution in [2.75, 3.05) is 60.2 Å². The first kappa shape index (κ1) is 36.7. The maximum Gasteiger partial charge on any atom is 0.322 e. The van der Waals surface area contributed by atoms with E-state index in [0.717, 1.165) is 0 Å². The summed E-state index contributed by atoms with van der Waals surface area (Å²) in [5.74, 6) is 0.471. The van der Waals surface area contributed by atoms with Crippen LogP contribution in [-0.4, -0.2) is 113 Å². The molecule has 4 heterocycles. The van der Waals surface area contributed by atoms with Gasteiger partial charge in [0.2, 0.25) is 11.8 Å². The highest BCUT2D eigenvalue weighted by molar-refractivity contribution is 5.92. The normalized spacial score (nSPS) is 17.9. The Kier molecular flexibility index (Phi) is 13.3. The van der Waals surface area contributed by atoms with Crippen LogP contribution in [0.4, 0.5) is 4.39 Å². The van der Waals surface area contributed by atoms with Crippen LogP contribution in [0.3, 0.4) is 0 Å². The fourth-order valence-electron chi connectivity index (χ4n) is 6.65. The Balaban J connectivity index is 0.00000260. The number of carbonyl (C=O) groups is 1. The third kappa shape index (κ3) is 8.12. The van der Waals surface area contributed by atoms with Crippen LogP contribution in [-0.2, 0) is 6.54 Å². The predicted molar refractivity (Wildman–Crippen MR) is 183 cm³/mol. The average Bonchev–Trinajstić information content (AvgIpc) is 3.11. The molecule has 11 nitrogen and oxygen atoms in total. The zero-order chi connectivity index (χ0) is 31.9. The molecule has 0 unspecified atom stereocenters. The lowest BCUT2D eigenvalue weighted by molar-refractivity contribution is -0.0293. The van der Waals surface area contributed by atoms with Gasteiger partial charge in [-0.05, 0) is 11.1 Å². The zero-order valence-corrected chi connectivity index (χ0v) is 28.5. The lowest BCUT2D eigenvalue weighted by atomic mass is 9.81. The SMILES string of the molecule is COc1nc(OC)c(CN2C[C@@H]3CN(C(=O)c4cnccn4)CCN3[C@H](C(c3ccccc3)c3ccccc3)C2)c(OCCF)n1.Cl.Cl. The molecule has 2 saturated heterocycles. The van der Waals surface area contributed by atoms with Crippen molar-refractivity contribution in [3.8, 4) is 17.8 Å². The Morgan fingerprint density at radius 3 is 2.19 bits per heavy atom. The largest absolute Gasteiger partial charge is 0.481 e. The highest BCUT2D eigenvalue weighted by atomic mass is 35.5. The van der Waals surface area contributed by atoms with Crippen molar-refractivity contribution in [1.82, 2.24) is 34.6 Å². The summed E-state index contributed by atoms with van der Waals surface area (Å²) >= 11 is 0. The van der Waals surface area contributed by atoms with Crippen molar-refractivity contribution in [3.05, 3.63) is 102 Å². The maximum atomic E-state index is 13.5. The number of fused-ring (bicyclic) bond motifs is 1. The van der Waals surface area contributed by atoms with Gasteiger partial charge in [0.15, 0.2) is 0 Å². The first-order valence-corrected chi connectivity index (χ1v) is 15.4. The molecular formula is C34H40Cl2FN7O4. The summed E-state index contributed by atoms with van der Waals surface area (Å²) in [5, 5.41) is 0. The van der Waals surface area contributed by atoms with Crippen molar-refractivity contribution >= 4 is 30.7 Å². The van der Waals surface area contributed by atoms with E-state index in [2.05, 4.69) is 78.3 Å². The molecule has 2 atom stereocenters. The molecule has 0 bridgehead atoms. The number of methoxy groups -OCH3 is 2. The Morgan fingerprint density at radius 1 is 0.896 bits per heavy atom. The molecule has 256 valence electrons. The van der Waals surface area contributed by atoms with Gasteiger partial charge in [0.25, 0.3) is 5.91 Å². The molecule has 0 saturated carbocycles. The van der Waals surface area contributed by atoms with Crippen molar-refractivity contribution in [3.63, 3.8) is 0 Å². The standard InChI is InChI=1S/C34H38FN7O4.2ClH/c1-44-31-27(32(46-18-13-35)39-34(38-31)45-2)22-40-20-26-21-41(33(43)28-19-36-14-15-37-28)16-17-42(26)29(23-40)30(24-9-5-3-6-10-24)25-11-7-4-8-12-25;;/h3-12,14-15,19,26,29-30H,13,16-18,20-23H2,1-2H3;2*1H/t26-,29+;;/m1../s1. The summed E-state index contributed by atoms with van der Waals surface area (Å²) < 4.78 is 29.9. The van der Waals surface area contributed by atoms with E-state index in [-0.39, 0.29) is 67.2 Å². The number of hydrogen-bond donors (Lipinski definition) is 0. The quantitative estimate of drug-likeness (QED) is 0.225. The van der Waals surface area contributed by atoms with Gasteiger partial charge < -0.3 is 19.1 Å². The average molecular weight is 701 g/mol. The molecule has 2 fully saturated rings. The third-order valence-electron chi connectivity index (χ3n) is 8.62. The minimum absolute atomic E-state index is 0. The first-order valence-electron chi connectivity index (χ1n) is 15.4. The van der Waals surface area contributed by atoms with Gasteiger partial charge in [0.05, 0.1) is 26.0 Å². The molecule has 2 aromatic carbocycles. The van der Waals surface area contributed by atoms with Crippen molar-refractivity contribution < 1.29 is 23.4 Å². The predicted octanol–water partition coefficient (Wildman–Crippen LogP) is 4.32. The highest BCUT2D eigenvalue weighted by Gasteiger charge is 2.43. The van der Waals surface area contributed by atoms with Crippen molar-refractivity contribution in [2.24, 2.45) is 0 Å². The van der Waals surface area contributed by atoms with E-state index in [9.17, 15) is 9.18 Å². The molecule has 1 amide bonds. The summed E-state index contributed by atoms with van der Waals surface area (Å²) in [7, 11) is 2.99. The second kappa shape index (κ2) is 17.3. The monoisotopic (exact) mass is 699 g/mol. The number of hydrogen-bond acceptors (Lipinski definition) is 10. The number of alkyl halides is 1. The van der Waals surface area contributed by atoms with Crippen molar-refractivity contribution in [1.29, 1.82) is 0 Å². The Bertz CT molecular complexity index is 1560. The molecule has 48 heavy (non-hydrogen) atoms. The van der Waals surface area contributed by atoms with Gasteiger partial charge in [-0.2, -0.15) is 9.97 Å². The van der Waals surface area contributed by atoms with E-state index in [1.54, 1.807) is 12.4 Å². The molecule has 4 aromatic rings. The molecule has 2 aliphatic heterocycles. The molecule has 0 spiro atoms. The Labute approximate surface area is 292 Å². The smallest absolute Gasteiger partial charge is 0.322 e. The van der Waals surface area contributed by atoms with E-state index in [0.29, 0.717) is 56.4 Å². The first-order chi connectivity index (χ1) is 22.6. The summed E-state index contributed by atoms with van der Waals surface area (Å²) in [6, 6.07) is 21.3. The Morgan fingerprint density at radius 2 is 1.58 bits per heavy atom. The zero-order valence-electron chi connectivity index (χ0n) is 26.9. The van der Waals surface area contributed by atoms with Crippen LogP contribution in [0.25, 0.3) is 0 Å². The van der Waals surface area contributed by atoms with Crippen LogP contribution in [0, 0.1) is 0 Å². The van der Waals surface area contributed by atoms with Crippen LogP contribution >= 0.6 is 24.8 Å². The van der Waals surface area contributed by atoms with Crippen LogP contribution in [0.15, 0.2) is 79.3 Å². The van der Waals surface area contributed by atoms with Crippen molar-refractivity contribution in [2.45, 2.75) is 24.5 Å². The summed E-state index contributed by atoms with van der Waals surface area (Å²) in [6.07, 6.45) is 4.62. The van der Waals surface area contributed by atoms with Crippen LogP contribution in [0.5, 0.6) is 17.8 Å². The Hall–Kier alpha value is -4.10. The number of rotatable bonds is 11. The number of carbonyl (C=O) groups excluding carboxylic acids is 1. The number of nitrogens with zero attached hydrogens (tertiary/aromatic N) is 7. The van der Waals surface area contributed by atoms with E-state index in [1.165, 1.54) is 31.5 Å². The highest BCUT2D eigenvalue weighted by Crippen LogP contribution is 2.37. The van der Waals surface area contributed by atoms with Gasteiger partial charge >= 0.3 is 6.01 Å². The molecule has 0 N–H and O–H groups in total. The molecule has 0 radical (unpaired) electrons. The van der Waals surface area contributed by atoms with Gasteiger partial charge in [-0.25, -0.2) is 9.37 Å². The topological polar surface area (TPSA) is 106 Å². The van der Waals surface area contributed by atoms with Gasteiger partial charge in [-0.1, -0.05) is 60.7 Å². The lowest BCUT2D eigenvalue weighted by Gasteiger charge is -2.53. The van der Waals surface area contributed by atoms with E-state index >= 15 is 0 Å². The fraction of sp³-hybridized carbons (Fsp3) is 0.382. The molecule has 2 aromatic heterocycles. The summed E-state index contributed by atoms with van der Waals surface area (Å²) in [4.78, 5) is 37.4. The van der Waals surface area contributed by atoms with E-state index in [4.69, 9.17) is 14.2 Å². The second-order valence-electron chi connectivity index (χ2n) is 11.3. The minimum Gasteiger partial charge on any atom is -0.481 e. The molecule has 6 rings (SSSR count). The van der Waals surface area contributed by atoms with Crippen LogP contribution in [0.1, 0.15) is 33.1 Å². The maximum absolute atomic E-state index is 13.5. The van der Waals surface area contributed by atoms with Gasteiger partial charge in [0.1, 0.15) is 19.0 Å². The lowest BCUT2D eigenvalue weighted by Crippen LogP contribution is -2.67. The van der Waals surface area contributed by atoms with Gasteiger partial charge in [0, 0.05) is 69.7 Å².